The van der Waals surface area contributed by atoms with Crippen LogP contribution in [0.5, 0.6) is 0 Å². The predicted molar refractivity (Wildman–Crippen MR) is 82.3 cm³/mol. The molecule has 2 N–H and O–H groups in total. The van der Waals surface area contributed by atoms with Gasteiger partial charge in [-0.05, 0) is 30.3 Å². The molecule has 0 aromatic heterocycles. The van der Waals surface area contributed by atoms with Gasteiger partial charge >= 0.3 is 0 Å². The molecule has 3 nitrogen and oxygen atoms in total. The van der Waals surface area contributed by atoms with Crippen molar-refractivity contribution < 1.29 is 4.79 Å². The molecule has 0 saturated carbocycles. The first-order valence-electron chi connectivity index (χ1n) is 6.08. The third kappa shape index (κ3) is 4.75. The van der Waals surface area contributed by atoms with Crippen molar-refractivity contribution >= 4 is 33.2 Å². The fourth-order valence-electron chi connectivity index (χ4n) is 1.67. The van der Waals surface area contributed by atoms with Crippen LogP contribution in [0, 0.1) is 0 Å². The number of rotatable bonds is 5. The number of para-hydroxylation sites is 1. The molecular formula is C15H15BrN2O. The molecular weight excluding hydrogens is 304 g/mol. The van der Waals surface area contributed by atoms with Crippen molar-refractivity contribution in [1.82, 2.24) is 0 Å². The highest BCUT2D eigenvalue weighted by Crippen LogP contribution is 2.15. The van der Waals surface area contributed by atoms with Crippen LogP contribution in [0.2, 0.25) is 0 Å². The molecule has 0 spiro atoms. The van der Waals surface area contributed by atoms with E-state index in [9.17, 15) is 4.79 Å². The Labute approximate surface area is 121 Å². The lowest BCUT2D eigenvalue weighted by atomic mass is 10.3. The number of halogens is 1. The summed E-state index contributed by atoms with van der Waals surface area (Å²) >= 11 is 3.37. The highest BCUT2D eigenvalue weighted by Gasteiger charge is 2.02. The van der Waals surface area contributed by atoms with Crippen LogP contribution in [-0.2, 0) is 4.79 Å². The van der Waals surface area contributed by atoms with Gasteiger partial charge in [0.2, 0.25) is 5.91 Å². The number of nitrogens with one attached hydrogen (secondary N) is 2. The number of amides is 1. The lowest BCUT2D eigenvalue weighted by Crippen LogP contribution is -2.16. The first-order chi connectivity index (χ1) is 9.24. The van der Waals surface area contributed by atoms with Crippen LogP contribution in [0.15, 0.2) is 59.1 Å². The molecule has 0 unspecified atom stereocenters. The van der Waals surface area contributed by atoms with Crippen LogP contribution in [0.4, 0.5) is 11.4 Å². The van der Waals surface area contributed by atoms with E-state index in [1.807, 2.05) is 54.6 Å². The van der Waals surface area contributed by atoms with Crippen LogP contribution in [-0.4, -0.2) is 12.5 Å². The predicted octanol–water partition coefficient (Wildman–Crippen LogP) is 3.89. The van der Waals surface area contributed by atoms with E-state index in [0.717, 1.165) is 15.8 Å². The van der Waals surface area contributed by atoms with Gasteiger partial charge in [-0.2, -0.15) is 0 Å². The second kappa shape index (κ2) is 6.95. The zero-order valence-corrected chi connectivity index (χ0v) is 12.0. The molecule has 1 amide bonds. The number of carbonyl (C=O) groups is 1. The monoisotopic (exact) mass is 318 g/mol. The molecule has 4 heteroatoms. The summed E-state index contributed by atoms with van der Waals surface area (Å²) < 4.78 is 0.952. The van der Waals surface area contributed by atoms with Crippen molar-refractivity contribution in [2.75, 3.05) is 17.2 Å². The summed E-state index contributed by atoms with van der Waals surface area (Å²) in [6.45, 7) is 0.615. The Kier molecular flexibility index (Phi) is 4.98. The Balaban J connectivity index is 1.76. The zero-order chi connectivity index (χ0) is 13.5. The molecule has 0 heterocycles. The van der Waals surface area contributed by atoms with Crippen molar-refractivity contribution in [3.63, 3.8) is 0 Å². The molecule has 19 heavy (non-hydrogen) atoms. The summed E-state index contributed by atoms with van der Waals surface area (Å²) in [5, 5.41) is 6.06. The summed E-state index contributed by atoms with van der Waals surface area (Å²) in [4.78, 5) is 11.7. The molecule has 0 fully saturated rings. The van der Waals surface area contributed by atoms with Gasteiger partial charge in [0.05, 0.1) is 0 Å². The van der Waals surface area contributed by atoms with Gasteiger partial charge in [-0.1, -0.05) is 40.2 Å². The van der Waals surface area contributed by atoms with Gasteiger partial charge in [-0.15, -0.1) is 0 Å². The Hall–Kier alpha value is -1.81. The molecule has 0 aliphatic carbocycles. The number of hydrogen-bond donors (Lipinski definition) is 2. The minimum absolute atomic E-state index is 0.00142. The molecule has 0 aliphatic rings. The maximum absolute atomic E-state index is 11.7. The first kappa shape index (κ1) is 13.6. The molecule has 0 radical (unpaired) electrons. The zero-order valence-electron chi connectivity index (χ0n) is 10.4. The minimum atomic E-state index is 0.00142. The molecule has 98 valence electrons. The molecule has 2 rings (SSSR count). The summed E-state index contributed by atoms with van der Waals surface area (Å²) in [6.07, 6.45) is 0.432. The van der Waals surface area contributed by atoms with Crippen molar-refractivity contribution in [3.8, 4) is 0 Å². The second-order valence-electron chi connectivity index (χ2n) is 4.10. The maximum atomic E-state index is 11.7. The topological polar surface area (TPSA) is 41.1 Å². The Bertz CT molecular complexity index is 543. The smallest absolute Gasteiger partial charge is 0.226 e. The normalized spacial score (nSPS) is 9.95. The highest BCUT2D eigenvalue weighted by atomic mass is 79.9. The molecule has 0 saturated heterocycles. The number of benzene rings is 2. The van der Waals surface area contributed by atoms with Gasteiger partial charge in [0.1, 0.15) is 0 Å². The summed E-state index contributed by atoms with van der Waals surface area (Å²) in [5.41, 5.74) is 1.83. The first-order valence-corrected chi connectivity index (χ1v) is 6.88. The Morgan fingerprint density at radius 2 is 1.74 bits per heavy atom. The molecule has 0 aliphatic heterocycles. The van der Waals surface area contributed by atoms with Crippen molar-refractivity contribution in [2.24, 2.45) is 0 Å². The van der Waals surface area contributed by atoms with Gasteiger partial charge in [0.15, 0.2) is 0 Å². The number of hydrogen-bond acceptors (Lipinski definition) is 2. The Morgan fingerprint density at radius 3 is 2.47 bits per heavy atom. The van der Waals surface area contributed by atoms with Crippen molar-refractivity contribution in [1.29, 1.82) is 0 Å². The van der Waals surface area contributed by atoms with E-state index >= 15 is 0 Å². The van der Waals surface area contributed by atoms with Crippen LogP contribution in [0.25, 0.3) is 0 Å². The molecule has 2 aromatic carbocycles. The van der Waals surface area contributed by atoms with Crippen LogP contribution < -0.4 is 10.6 Å². The van der Waals surface area contributed by atoms with Crippen LogP contribution in [0.1, 0.15) is 6.42 Å². The minimum Gasteiger partial charge on any atom is -0.385 e. The third-order valence-electron chi connectivity index (χ3n) is 2.56. The second-order valence-corrected chi connectivity index (χ2v) is 5.02. The number of carbonyl (C=O) groups excluding carboxylic acids is 1. The highest BCUT2D eigenvalue weighted by molar-refractivity contribution is 9.10. The van der Waals surface area contributed by atoms with Crippen LogP contribution in [0.3, 0.4) is 0 Å². The summed E-state index contributed by atoms with van der Waals surface area (Å²) in [5.74, 6) is 0.00142. The average molecular weight is 319 g/mol. The van der Waals surface area contributed by atoms with E-state index in [4.69, 9.17) is 0 Å². The van der Waals surface area contributed by atoms with Gasteiger partial charge in [0.25, 0.3) is 0 Å². The van der Waals surface area contributed by atoms with Gasteiger partial charge < -0.3 is 10.6 Å². The van der Waals surface area contributed by atoms with Gasteiger partial charge in [-0.3, -0.25) is 4.79 Å². The molecule has 2 aromatic rings. The van der Waals surface area contributed by atoms with E-state index < -0.39 is 0 Å². The summed E-state index contributed by atoms with van der Waals surface area (Å²) in [7, 11) is 0. The molecule has 0 atom stereocenters. The van der Waals surface area contributed by atoms with Crippen LogP contribution >= 0.6 is 15.9 Å². The van der Waals surface area contributed by atoms with E-state index in [-0.39, 0.29) is 5.91 Å². The SMILES string of the molecule is O=C(CCNc1ccccc1)Nc1cccc(Br)c1. The number of anilines is 2. The van der Waals surface area contributed by atoms with Crippen molar-refractivity contribution in [2.45, 2.75) is 6.42 Å². The van der Waals surface area contributed by atoms with E-state index in [1.54, 1.807) is 0 Å². The average Bonchev–Trinajstić information content (AvgIpc) is 2.40. The van der Waals surface area contributed by atoms with E-state index in [1.165, 1.54) is 0 Å². The standard InChI is InChI=1S/C15H15BrN2O/c16-12-5-4-8-14(11-12)18-15(19)9-10-17-13-6-2-1-3-7-13/h1-8,11,17H,9-10H2,(H,18,19). The Morgan fingerprint density at radius 1 is 1.00 bits per heavy atom. The lowest BCUT2D eigenvalue weighted by Gasteiger charge is -2.07. The lowest BCUT2D eigenvalue weighted by molar-refractivity contribution is -0.115. The maximum Gasteiger partial charge on any atom is 0.226 e. The third-order valence-corrected chi connectivity index (χ3v) is 3.06. The van der Waals surface area contributed by atoms with Crippen molar-refractivity contribution in [3.05, 3.63) is 59.1 Å². The quantitative estimate of drug-likeness (QED) is 0.878. The largest absolute Gasteiger partial charge is 0.385 e. The van der Waals surface area contributed by atoms with E-state index in [0.29, 0.717) is 13.0 Å². The molecule has 0 bridgehead atoms. The fraction of sp³-hybridized carbons (Fsp3) is 0.133. The fourth-order valence-corrected chi connectivity index (χ4v) is 2.07. The summed E-state index contributed by atoms with van der Waals surface area (Å²) in [6, 6.07) is 17.4. The van der Waals surface area contributed by atoms with Gasteiger partial charge in [-0.25, -0.2) is 0 Å². The van der Waals surface area contributed by atoms with E-state index in [2.05, 4.69) is 26.6 Å². The van der Waals surface area contributed by atoms with Gasteiger partial charge in [0, 0.05) is 28.8 Å².